The summed E-state index contributed by atoms with van der Waals surface area (Å²) in [4.78, 5) is 14.5. The van der Waals surface area contributed by atoms with E-state index in [1.165, 1.54) is 6.07 Å². The van der Waals surface area contributed by atoms with Gasteiger partial charge in [-0.15, -0.1) is 0 Å². The van der Waals surface area contributed by atoms with Gasteiger partial charge in [0.15, 0.2) is 5.96 Å². The summed E-state index contributed by atoms with van der Waals surface area (Å²) in [6.45, 7) is 0.362. The van der Waals surface area contributed by atoms with E-state index in [9.17, 15) is 4.79 Å². The molecule has 0 saturated carbocycles. The van der Waals surface area contributed by atoms with Crippen LogP contribution in [0.15, 0.2) is 23.2 Å². The third kappa shape index (κ3) is 3.39. The molecule has 1 aromatic carbocycles. The molecule has 0 aromatic heterocycles. The number of carbonyl (C=O) groups is 1. The van der Waals surface area contributed by atoms with E-state index < -0.39 is 5.97 Å². The summed E-state index contributed by atoms with van der Waals surface area (Å²) in [6.07, 6.45) is 0. The molecular weight excluding hydrogens is 307 g/mol. The fourth-order valence-electron chi connectivity index (χ4n) is 0.985. The lowest BCUT2D eigenvalue weighted by Gasteiger charge is -2.02. The zero-order chi connectivity index (χ0) is 11.4. The Hall–Kier alpha value is -1.31. The van der Waals surface area contributed by atoms with E-state index in [0.29, 0.717) is 6.54 Å². The number of carboxylic acid groups (broad SMARTS) is 1. The zero-order valence-electron chi connectivity index (χ0n) is 7.77. The average molecular weight is 317 g/mol. The van der Waals surface area contributed by atoms with Gasteiger partial charge in [0.1, 0.15) is 0 Å². The van der Waals surface area contributed by atoms with Crippen LogP contribution >= 0.6 is 22.6 Å². The molecule has 5 nitrogen and oxygen atoms in total. The summed E-state index contributed by atoms with van der Waals surface area (Å²) in [5.41, 5.74) is 11.6. The van der Waals surface area contributed by atoms with Gasteiger partial charge in [0.05, 0.1) is 12.1 Å². The topological polar surface area (TPSA) is 102 Å². The van der Waals surface area contributed by atoms with E-state index in [4.69, 9.17) is 16.6 Å². The molecule has 0 amide bonds. The van der Waals surface area contributed by atoms with Crippen molar-refractivity contribution in [3.63, 3.8) is 0 Å². The van der Waals surface area contributed by atoms with Crippen molar-refractivity contribution in [1.29, 1.82) is 0 Å². The molecule has 15 heavy (non-hydrogen) atoms. The normalized spacial score (nSPS) is 9.67. The number of guanidine groups is 1. The van der Waals surface area contributed by atoms with Crippen LogP contribution in [-0.2, 0) is 6.54 Å². The van der Waals surface area contributed by atoms with Gasteiger partial charge in [-0.3, -0.25) is 0 Å². The first-order valence-corrected chi connectivity index (χ1v) is 5.15. The Labute approximate surface area is 100 Å². The molecule has 0 unspecified atom stereocenters. The molecule has 1 aromatic rings. The van der Waals surface area contributed by atoms with Gasteiger partial charge >= 0.3 is 5.97 Å². The van der Waals surface area contributed by atoms with Crippen LogP contribution in [0.5, 0.6) is 0 Å². The third-order valence-electron chi connectivity index (χ3n) is 1.73. The maximum atomic E-state index is 10.7. The van der Waals surface area contributed by atoms with Crippen molar-refractivity contribution < 1.29 is 9.90 Å². The van der Waals surface area contributed by atoms with Crippen molar-refractivity contribution in [3.05, 3.63) is 32.9 Å². The van der Waals surface area contributed by atoms with E-state index in [1.807, 2.05) is 0 Å². The van der Waals surface area contributed by atoms with Crippen LogP contribution in [-0.4, -0.2) is 17.0 Å². The molecule has 0 radical (unpaired) electrons. The fourth-order valence-corrected chi connectivity index (χ4v) is 1.67. The van der Waals surface area contributed by atoms with Crippen molar-refractivity contribution in [2.45, 2.75) is 6.54 Å². The first-order valence-electron chi connectivity index (χ1n) is 4.08. The molecule has 0 fully saturated rings. The monoisotopic (exact) mass is 317 g/mol. The van der Waals surface area contributed by atoms with Crippen LogP contribution in [0.25, 0.3) is 0 Å². The van der Waals surface area contributed by atoms with E-state index in [1.54, 1.807) is 12.1 Å². The Morgan fingerprint density at radius 2 is 2.13 bits per heavy atom. The predicted molar refractivity (Wildman–Crippen MR) is 65.6 cm³/mol. The molecule has 6 heteroatoms. The van der Waals surface area contributed by atoms with Gasteiger partial charge in [0, 0.05) is 3.57 Å². The summed E-state index contributed by atoms with van der Waals surface area (Å²) in [7, 11) is 0. The second-order valence-corrected chi connectivity index (χ2v) is 4.01. The highest BCUT2D eigenvalue weighted by atomic mass is 125. The van der Waals surface area contributed by atoms with E-state index in [0.717, 1.165) is 9.13 Å². The predicted octanol–water partition coefficient (Wildman–Crippen LogP) is 0.763. The number of benzene rings is 1. The average Bonchev–Trinajstić information content (AvgIpc) is 2.15. The number of rotatable bonds is 3. The van der Waals surface area contributed by atoms with Crippen molar-refractivity contribution >= 4 is 34.5 Å². The first-order chi connectivity index (χ1) is 7.00. The van der Waals surface area contributed by atoms with Crippen molar-refractivity contribution in [2.24, 2.45) is 16.5 Å². The molecule has 5 N–H and O–H groups in total. The Kier molecular flexibility index (Phi) is 3.89. The summed E-state index contributed by atoms with van der Waals surface area (Å²) in [5, 5.41) is 8.75. The van der Waals surface area contributed by atoms with Crippen LogP contribution in [0, 0.1) is 3.57 Å². The molecule has 1 rings (SSSR count). The Morgan fingerprint density at radius 3 is 2.60 bits per heavy atom. The van der Waals surface area contributed by atoms with Crippen LogP contribution in [0.4, 0.5) is 0 Å². The van der Waals surface area contributed by atoms with Gasteiger partial charge in [0.2, 0.25) is 0 Å². The number of aromatic carboxylic acids is 1. The fraction of sp³-hybridized carbons (Fsp3) is 0.111. The molecule has 0 aliphatic rings. The van der Waals surface area contributed by atoms with E-state index in [-0.39, 0.29) is 11.5 Å². The molecule has 0 aliphatic heterocycles. The number of aliphatic imine (C=N–C) groups is 1. The van der Waals surface area contributed by atoms with Crippen LogP contribution in [0.1, 0.15) is 15.9 Å². The lowest BCUT2D eigenvalue weighted by Crippen LogP contribution is -2.22. The highest BCUT2D eigenvalue weighted by Crippen LogP contribution is 2.15. The first kappa shape index (κ1) is 11.8. The zero-order valence-corrected chi connectivity index (χ0v) is 9.93. The molecule has 0 heterocycles. The summed E-state index contributed by atoms with van der Waals surface area (Å²) in [5.74, 6) is -0.922. The Balaban J connectivity index is 2.93. The Bertz CT molecular complexity index is 414. The highest BCUT2D eigenvalue weighted by Gasteiger charge is 2.05. The van der Waals surface area contributed by atoms with Gasteiger partial charge < -0.3 is 16.6 Å². The maximum Gasteiger partial charge on any atom is 0.335 e. The summed E-state index contributed by atoms with van der Waals surface area (Å²) >= 11 is 2.05. The lowest BCUT2D eigenvalue weighted by atomic mass is 10.1. The van der Waals surface area contributed by atoms with Gasteiger partial charge in [-0.1, -0.05) is 6.07 Å². The largest absolute Gasteiger partial charge is 0.478 e. The SMILES string of the molecule is NC(N)=NCc1ccc(C(=O)O)cc1[125I]. The number of hydrogen-bond acceptors (Lipinski definition) is 2. The van der Waals surface area contributed by atoms with E-state index >= 15 is 0 Å². The second-order valence-electron chi connectivity index (χ2n) is 2.85. The van der Waals surface area contributed by atoms with E-state index in [2.05, 4.69) is 27.6 Å². The smallest absolute Gasteiger partial charge is 0.335 e. The lowest BCUT2D eigenvalue weighted by molar-refractivity contribution is 0.0697. The standard InChI is InChI=1S/C9H10IN3O2/c10-7-3-5(8(14)15)1-2-6(7)4-13-9(11)12/h1-3H,4H2,(H,14,15)(H4,11,12,13)/i10-2. The molecular formula is C9H10IN3O2. The van der Waals surface area contributed by atoms with Gasteiger partial charge in [-0.25, -0.2) is 9.79 Å². The number of nitrogens with two attached hydrogens (primary N) is 2. The molecule has 0 spiro atoms. The minimum absolute atomic E-state index is 0.0214. The van der Waals surface area contributed by atoms with Crippen LogP contribution in [0.2, 0.25) is 0 Å². The number of nitrogens with zero attached hydrogens (tertiary/aromatic N) is 1. The third-order valence-corrected chi connectivity index (χ3v) is 2.74. The van der Waals surface area contributed by atoms with Gasteiger partial charge in [0.25, 0.3) is 0 Å². The highest BCUT2D eigenvalue weighted by molar-refractivity contribution is 14.1. The van der Waals surface area contributed by atoms with Crippen molar-refractivity contribution in [2.75, 3.05) is 0 Å². The van der Waals surface area contributed by atoms with Crippen molar-refractivity contribution in [1.82, 2.24) is 0 Å². The number of halogens is 1. The maximum absolute atomic E-state index is 10.7. The van der Waals surface area contributed by atoms with Gasteiger partial charge in [-0.05, 0) is 40.3 Å². The molecule has 0 saturated heterocycles. The minimum Gasteiger partial charge on any atom is -0.478 e. The van der Waals surface area contributed by atoms with Crippen LogP contribution < -0.4 is 11.5 Å². The number of carboxylic acids is 1. The summed E-state index contributed by atoms with van der Waals surface area (Å²) < 4.78 is 0.831. The molecule has 80 valence electrons. The Morgan fingerprint density at radius 1 is 1.47 bits per heavy atom. The second kappa shape index (κ2) is 4.96. The van der Waals surface area contributed by atoms with Crippen molar-refractivity contribution in [3.8, 4) is 0 Å². The summed E-state index contributed by atoms with van der Waals surface area (Å²) in [6, 6.07) is 4.82. The van der Waals surface area contributed by atoms with Gasteiger partial charge in [-0.2, -0.15) is 0 Å². The molecule has 0 bridgehead atoms. The quantitative estimate of drug-likeness (QED) is 0.435. The minimum atomic E-state index is -0.943. The number of hydrogen-bond donors (Lipinski definition) is 3. The van der Waals surface area contributed by atoms with Crippen LogP contribution in [0.3, 0.4) is 0 Å². The molecule has 0 atom stereocenters. The molecule has 0 aliphatic carbocycles.